The van der Waals surface area contributed by atoms with Gasteiger partial charge in [-0.2, -0.15) is 0 Å². The summed E-state index contributed by atoms with van der Waals surface area (Å²) in [6.07, 6.45) is 1.64. The molecule has 2 heteroatoms. The highest BCUT2D eigenvalue weighted by Crippen LogP contribution is 2.24. The molecule has 0 aliphatic carbocycles. The van der Waals surface area contributed by atoms with E-state index in [-0.39, 0.29) is 5.75 Å². The van der Waals surface area contributed by atoms with Crippen LogP contribution in [0.2, 0.25) is 0 Å². The van der Waals surface area contributed by atoms with E-state index in [4.69, 9.17) is 4.98 Å². The van der Waals surface area contributed by atoms with Crippen molar-refractivity contribution in [3.8, 4) is 5.75 Å². The van der Waals surface area contributed by atoms with Crippen molar-refractivity contribution in [2.75, 3.05) is 0 Å². The fourth-order valence-electron chi connectivity index (χ4n) is 3.15. The maximum atomic E-state index is 9.78. The second-order valence-electron chi connectivity index (χ2n) is 6.30. The Morgan fingerprint density at radius 2 is 1.32 bits per heavy atom. The van der Waals surface area contributed by atoms with Crippen LogP contribution in [0.15, 0.2) is 84.9 Å². The van der Waals surface area contributed by atoms with Crippen LogP contribution in [0.25, 0.3) is 10.9 Å². The Kier molecular flexibility index (Phi) is 4.17. The van der Waals surface area contributed by atoms with E-state index in [2.05, 4.69) is 54.6 Å². The third kappa shape index (κ3) is 3.53. The molecule has 0 saturated heterocycles. The number of aromatic hydroxyl groups is 1. The van der Waals surface area contributed by atoms with Gasteiger partial charge in [0.15, 0.2) is 0 Å². The van der Waals surface area contributed by atoms with Gasteiger partial charge >= 0.3 is 0 Å². The molecule has 0 spiro atoms. The van der Waals surface area contributed by atoms with E-state index in [1.807, 2.05) is 18.2 Å². The predicted octanol–water partition coefficient (Wildman–Crippen LogP) is 5.12. The molecule has 122 valence electrons. The molecular formula is C23H19NO. The van der Waals surface area contributed by atoms with Gasteiger partial charge < -0.3 is 5.11 Å². The summed E-state index contributed by atoms with van der Waals surface area (Å²) in [4.78, 5) is 4.87. The summed E-state index contributed by atoms with van der Waals surface area (Å²) in [6.45, 7) is 0. The van der Waals surface area contributed by atoms with Crippen LogP contribution in [-0.2, 0) is 12.8 Å². The Balaban J connectivity index is 1.80. The van der Waals surface area contributed by atoms with Gasteiger partial charge in [0.1, 0.15) is 5.75 Å². The lowest BCUT2D eigenvalue weighted by Gasteiger charge is -2.12. The quantitative estimate of drug-likeness (QED) is 0.565. The lowest BCUT2D eigenvalue weighted by Crippen LogP contribution is -2.01. The molecular weight excluding hydrogens is 306 g/mol. The van der Waals surface area contributed by atoms with Crippen LogP contribution in [0.5, 0.6) is 5.75 Å². The van der Waals surface area contributed by atoms with Crippen molar-refractivity contribution in [3.05, 3.63) is 107 Å². The normalized spacial score (nSPS) is 10.9. The first-order valence-corrected chi connectivity index (χ1v) is 8.47. The van der Waals surface area contributed by atoms with Gasteiger partial charge in [-0.05, 0) is 41.3 Å². The van der Waals surface area contributed by atoms with Gasteiger partial charge in [0, 0.05) is 23.6 Å². The van der Waals surface area contributed by atoms with Crippen molar-refractivity contribution in [2.24, 2.45) is 0 Å². The predicted molar refractivity (Wildman–Crippen MR) is 102 cm³/mol. The molecule has 0 saturated carbocycles. The Morgan fingerprint density at radius 3 is 2.00 bits per heavy atom. The van der Waals surface area contributed by atoms with Gasteiger partial charge in [-0.3, -0.25) is 4.98 Å². The summed E-state index contributed by atoms with van der Waals surface area (Å²) >= 11 is 0. The Bertz CT molecular complexity index is 994. The largest absolute Gasteiger partial charge is 0.508 e. The lowest BCUT2D eigenvalue weighted by atomic mass is 9.97. The molecule has 0 aliphatic rings. The van der Waals surface area contributed by atoms with Gasteiger partial charge in [-0.1, -0.05) is 60.7 Å². The molecule has 25 heavy (non-hydrogen) atoms. The minimum Gasteiger partial charge on any atom is -0.508 e. The monoisotopic (exact) mass is 325 g/mol. The summed E-state index contributed by atoms with van der Waals surface area (Å²) in [6, 6.07) is 28.4. The van der Waals surface area contributed by atoms with E-state index in [1.165, 1.54) is 16.7 Å². The molecule has 0 radical (unpaired) electrons. The number of hydrogen-bond acceptors (Lipinski definition) is 2. The molecule has 0 atom stereocenters. The van der Waals surface area contributed by atoms with Crippen LogP contribution in [0.4, 0.5) is 0 Å². The average molecular weight is 325 g/mol. The number of hydrogen-bond donors (Lipinski definition) is 1. The molecule has 1 aromatic heterocycles. The molecule has 0 amide bonds. The van der Waals surface area contributed by atoms with Crippen LogP contribution in [0.3, 0.4) is 0 Å². The Morgan fingerprint density at radius 1 is 0.680 bits per heavy atom. The van der Waals surface area contributed by atoms with Gasteiger partial charge in [-0.15, -0.1) is 0 Å². The van der Waals surface area contributed by atoms with Crippen LogP contribution in [-0.4, -0.2) is 10.1 Å². The summed E-state index contributed by atoms with van der Waals surface area (Å²) in [7, 11) is 0. The van der Waals surface area contributed by atoms with Crippen LogP contribution < -0.4 is 0 Å². The van der Waals surface area contributed by atoms with E-state index in [0.29, 0.717) is 0 Å². The summed E-state index contributed by atoms with van der Waals surface area (Å²) in [5, 5.41) is 10.8. The molecule has 0 unspecified atom stereocenters. The zero-order valence-electron chi connectivity index (χ0n) is 13.9. The standard InChI is InChI=1S/C23H19NO/c25-21-12-11-19-15-20(13-17-7-3-1-4-8-17)22(24-23(19)16-21)14-18-9-5-2-6-10-18/h1-12,15-16,25H,13-14H2. The highest BCUT2D eigenvalue weighted by molar-refractivity contribution is 5.81. The highest BCUT2D eigenvalue weighted by atomic mass is 16.3. The zero-order valence-corrected chi connectivity index (χ0v) is 13.9. The molecule has 1 N–H and O–H groups in total. The summed E-state index contributed by atoms with van der Waals surface area (Å²) < 4.78 is 0. The first-order valence-electron chi connectivity index (χ1n) is 8.47. The third-order valence-electron chi connectivity index (χ3n) is 4.42. The van der Waals surface area contributed by atoms with Gasteiger partial charge in [-0.25, -0.2) is 0 Å². The second kappa shape index (κ2) is 6.78. The number of phenols is 1. The van der Waals surface area contributed by atoms with Crippen LogP contribution in [0, 0.1) is 0 Å². The zero-order chi connectivity index (χ0) is 17.1. The molecule has 1 heterocycles. The maximum Gasteiger partial charge on any atom is 0.117 e. The number of benzene rings is 3. The SMILES string of the molecule is Oc1ccc2cc(Cc3ccccc3)c(Cc3ccccc3)nc2c1. The highest BCUT2D eigenvalue weighted by Gasteiger charge is 2.09. The van der Waals surface area contributed by atoms with E-state index in [0.717, 1.165) is 29.4 Å². The second-order valence-corrected chi connectivity index (χ2v) is 6.30. The number of phenolic OH excluding ortho intramolecular Hbond substituents is 1. The van der Waals surface area contributed by atoms with Gasteiger partial charge in [0.25, 0.3) is 0 Å². The third-order valence-corrected chi connectivity index (χ3v) is 4.42. The van der Waals surface area contributed by atoms with Crippen molar-refractivity contribution in [1.82, 2.24) is 4.98 Å². The van der Waals surface area contributed by atoms with Crippen molar-refractivity contribution in [3.63, 3.8) is 0 Å². The fraction of sp³-hybridized carbons (Fsp3) is 0.0870. The molecule has 2 nitrogen and oxygen atoms in total. The van der Waals surface area contributed by atoms with Crippen LogP contribution in [0.1, 0.15) is 22.4 Å². The maximum absolute atomic E-state index is 9.78. The first-order chi connectivity index (χ1) is 12.3. The molecule has 0 aliphatic heterocycles. The molecule has 4 rings (SSSR count). The van der Waals surface area contributed by atoms with E-state index in [9.17, 15) is 5.11 Å². The lowest BCUT2D eigenvalue weighted by molar-refractivity contribution is 0.476. The van der Waals surface area contributed by atoms with Crippen LogP contribution >= 0.6 is 0 Å². The molecule has 4 aromatic rings. The minimum absolute atomic E-state index is 0.251. The van der Waals surface area contributed by atoms with Crippen molar-refractivity contribution in [2.45, 2.75) is 12.8 Å². The first kappa shape index (κ1) is 15.4. The van der Waals surface area contributed by atoms with Crippen molar-refractivity contribution >= 4 is 10.9 Å². The molecule has 0 fully saturated rings. The van der Waals surface area contributed by atoms with Gasteiger partial charge in [0.2, 0.25) is 0 Å². The van der Waals surface area contributed by atoms with E-state index < -0.39 is 0 Å². The number of aromatic nitrogens is 1. The summed E-state index contributed by atoms with van der Waals surface area (Å²) in [5.74, 6) is 0.251. The van der Waals surface area contributed by atoms with E-state index in [1.54, 1.807) is 12.1 Å². The van der Waals surface area contributed by atoms with Gasteiger partial charge in [0.05, 0.1) is 5.52 Å². The van der Waals surface area contributed by atoms with Crippen molar-refractivity contribution in [1.29, 1.82) is 0 Å². The van der Waals surface area contributed by atoms with E-state index >= 15 is 0 Å². The molecule has 0 bridgehead atoms. The number of pyridine rings is 1. The number of nitrogens with zero attached hydrogens (tertiary/aromatic N) is 1. The summed E-state index contributed by atoms with van der Waals surface area (Å²) in [5.41, 5.74) is 5.64. The Labute approximate surface area is 147 Å². The Hall–Kier alpha value is -3.13. The fourth-order valence-corrected chi connectivity index (χ4v) is 3.15. The minimum atomic E-state index is 0.251. The van der Waals surface area contributed by atoms with Crippen molar-refractivity contribution < 1.29 is 5.11 Å². The number of rotatable bonds is 4. The average Bonchev–Trinajstić information content (AvgIpc) is 2.64. The topological polar surface area (TPSA) is 33.1 Å². The molecule has 3 aromatic carbocycles. The number of fused-ring (bicyclic) bond motifs is 1. The smallest absolute Gasteiger partial charge is 0.117 e.